The van der Waals surface area contributed by atoms with E-state index < -0.39 is 0 Å². The van der Waals surface area contributed by atoms with E-state index >= 15 is 0 Å². The summed E-state index contributed by atoms with van der Waals surface area (Å²) in [6.07, 6.45) is 2.81. The molecule has 0 unspecified atom stereocenters. The van der Waals surface area contributed by atoms with E-state index in [1.54, 1.807) is 0 Å². The molecule has 3 nitrogen and oxygen atoms in total. The SMILES string of the molecule is CCOC1CC(NC(=O)CCS)C1. The van der Waals surface area contributed by atoms with Crippen LogP contribution in [-0.4, -0.2) is 30.4 Å². The largest absolute Gasteiger partial charge is 0.378 e. The molecule has 0 heterocycles. The van der Waals surface area contributed by atoms with Gasteiger partial charge in [0, 0.05) is 19.1 Å². The summed E-state index contributed by atoms with van der Waals surface area (Å²) in [6.45, 7) is 2.76. The number of rotatable bonds is 5. The van der Waals surface area contributed by atoms with Crippen LogP contribution in [0.1, 0.15) is 26.2 Å². The van der Waals surface area contributed by atoms with Crippen molar-refractivity contribution in [3.63, 3.8) is 0 Å². The fraction of sp³-hybridized carbons (Fsp3) is 0.889. The maximum absolute atomic E-state index is 11.1. The number of hydrogen-bond donors (Lipinski definition) is 2. The van der Waals surface area contributed by atoms with Crippen molar-refractivity contribution in [2.45, 2.75) is 38.3 Å². The van der Waals surface area contributed by atoms with Crippen molar-refractivity contribution in [1.29, 1.82) is 0 Å². The second-order valence-corrected chi connectivity index (χ2v) is 3.73. The molecule has 0 bridgehead atoms. The molecule has 0 spiro atoms. The summed E-state index contributed by atoms with van der Waals surface area (Å²) < 4.78 is 5.38. The Morgan fingerprint density at radius 3 is 2.85 bits per heavy atom. The Morgan fingerprint density at radius 1 is 1.62 bits per heavy atom. The molecule has 13 heavy (non-hydrogen) atoms. The summed E-state index contributed by atoms with van der Waals surface area (Å²) in [4.78, 5) is 11.1. The quantitative estimate of drug-likeness (QED) is 0.654. The zero-order valence-corrected chi connectivity index (χ0v) is 8.85. The lowest BCUT2D eigenvalue weighted by Gasteiger charge is -2.35. The Balaban J connectivity index is 2.04. The number of amides is 1. The Morgan fingerprint density at radius 2 is 2.31 bits per heavy atom. The lowest BCUT2D eigenvalue weighted by Crippen LogP contribution is -2.47. The van der Waals surface area contributed by atoms with Crippen LogP contribution in [0.15, 0.2) is 0 Å². The highest BCUT2D eigenvalue weighted by Crippen LogP contribution is 2.23. The van der Waals surface area contributed by atoms with E-state index in [1.807, 2.05) is 6.92 Å². The second-order valence-electron chi connectivity index (χ2n) is 3.29. The van der Waals surface area contributed by atoms with Crippen molar-refractivity contribution >= 4 is 18.5 Å². The minimum Gasteiger partial charge on any atom is -0.378 e. The monoisotopic (exact) mass is 203 g/mol. The number of nitrogens with one attached hydrogen (secondary N) is 1. The molecule has 0 radical (unpaired) electrons. The number of carbonyl (C=O) groups is 1. The van der Waals surface area contributed by atoms with Crippen molar-refractivity contribution in [1.82, 2.24) is 5.32 Å². The minimum absolute atomic E-state index is 0.106. The zero-order chi connectivity index (χ0) is 9.68. The van der Waals surface area contributed by atoms with Gasteiger partial charge in [-0.2, -0.15) is 12.6 Å². The third-order valence-corrected chi connectivity index (χ3v) is 2.42. The highest BCUT2D eigenvalue weighted by molar-refractivity contribution is 7.80. The van der Waals surface area contributed by atoms with Crippen LogP contribution in [0.2, 0.25) is 0 Å². The Hall–Kier alpha value is -0.220. The highest BCUT2D eigenvalue weighted by atomic mass is 32.1. The average Bonchev–Trinajstić information content (AvgIpc) is 2.01. The van der Waals surface area contributed by atoms with Crippen molar-refractivity contribution in [3.05, 3.63) is 0 Å². The molecular formula is C9H17NO2S. The Bertz CT molecular complexity index is 169. The molecular weight excluding hydrogens is 186 g/mol. The second kappa shape index (κ2) is 5.50. The summed E-state index contributed by atoms with van der Waals surface area (Å²) in [5.74, 6) is 0.725. The molecule has 0 aromatic rings. The van der Waals surface area contributed by atoms with Crippen LogP contribution in [0, 0.1) is 0 Å². The van der Waals surface area contributed by atoms with Crippen LogP contribution in [0.4, 0.5) is 0 Å². The van der Waals surface area contributed by atoms with E-state index in [2.05, 4.69) is 17.9 Å². The molecule has 1 fully saturated rings. The van der Waals surface area contributed by atoms with Gasteiger partial charge in [-0.15, -0.1) is 0 Å². The van der Waals surface area contributed by atoms with Crippen LogP contribution >= 0.6 is 12.6 Å². The van der Waals surface area contributed by atoms with Gasteiger partial charge in [-0.05, 0) is 25.5 Å². The van der Waals surface area contributed by atoms with Crippen molar-refractivity contribution < 1.29 is 9.53 Å². The fourth-order valence-electron chi connectivity index (χ4n) is 1.46. The normalized spacial score (nSPS) is 26.6. The molecule has 4 heteroatoms. The first-order valence-electron chi connectivity index (χ1n) is 4.78. The average molecular weight is 203 g/mol. The highest BCUT2D eigenvalue weighted by Gasteiger charge is 2.30. The number of hydrogen-bond acceptors (Lipinski definition) is 3. The van der Waals surface area contributed by atoms with Gasteiger partial charge in [-0.1, -0.05) is 0 Å². The molecule has 76 valence electrons. The molecule has 0 aromatic heterocycles. The molecule has 0 aromatic carbocycles. The van der Waals surface area contributed by atoms with Crippen LogP contribution < -0.4 is 5.32 Å². The predicted molar refractivity (Wildman–Crippen MR) is 55.0 cm³/mol. The molecule has 0 atom stereocenters. The first-order valence-corrected chi connectivity index (χ1v) is 5.41. The number of thiol groups is 1. The zero-order valence-electron chi connectivity index (χ0n) is 7.95. The third-order valence-electron chi connectivity index (χ3n) is 2.20. The molecule has 1 aliphatic rings. The third kappa shape index (κ3) is 3.56. The summed E-state index contributed by atoms with van der Waals surface area (Å²) in [5.41, 5.74) is 0. The van der Waals surface area contributed by atoms with E-state index in [0.717, 1.165) is 19.4 Å². The maximum Gasteiger partial charge on any atom is 0.221 e. The van der Waals surface area contributed by atoms with Gasteiger partial charge in [0.25, 0.3) is 0 Å². The van der Waals surface area contributed by atoms with E-state index in [4.69, 9.17) is 4.74 Å². The topological polar surface area (TPSA) is 38.3 Å². The predicted octanol–water partition coefficient (Wildman–Crippen LogP) is 0.990. The van der Waals surface area contributed by atoms with Crippen LogP contribution in [-0.2, 0) is 9.53 Å². The van der Waals surface area contributed by atoms with Crippen LogP contribution in [0.5, 0.6) is 0 Å². The fourth-order valence-corrected chi connectivity index (χ4v) is 1.66. The summed E-state index contributed by atoms with van der Waals surface area (Å²) in [7, 11) is 0. The molecule has 1 aliphatic carbocycles. The molecule has 1 saturated carbocycles. The Kier molecular flexibility index (Phi) is 4.59. The van der Waals surface area contributed by atoms with Gasteiger partial charge < -0.3 is 10.1 Å². The van der Waals surface area contributed by atoms with Crippen LogP contribution in [0.25, 0.3) is 0 Å². The summed E-state index contributed by atoms with van der Waals surface area (Å²) in [5, 5.41) is 2.94. The van der Waals surface area contributed by atoms with E-state index in [-0.39, 0.29) is 5.91 Å². The van der Waals surface area contributed by atoms with E-state index in [1.165, 1.54) is 0 Å². The van der Waals surface area contributed by atoms with Gasteiger partial charge in [-0.25, -0.2) is 0 Å². The van der Waals surface area contributed by atoms with Crippen LogP contribution in [0.3, 0.4) is 0 Å². The van der Waals surface area contributed by atoms with Gasteiger partial charge in [0.2, 0.25) is 5.91 Å². The van der Waals surface area contributed by atoms with E-state index in [9.17, 15) is 4.79 Å². The minimum atomic E-state index is 0.106. The molecule has 0 aliphatic heterocycles. The summed E-state index contributed by atoms with van der Waals surface area (Å²) >= 11 is 4.00. The Labute approximate surface area is 84.6 Å². The van der Waals surface area contributed by atoms with Gasteiger partial charge in [-0.3, -0.25) is 4.79 Å². The molecule has 0 saturated heterocycles. The smallest absolute Gasteiger partial charge is 0.221 e. The maximum atomic E-state index is 11.1. The lowest BCUT2D eigenvalue weighted by molar-refractivity contribution is -0.123. The van der Waals surface area contributed by atoms with Gasteiger partial charge in [0.15, 0.2) is 0 Å². The molecule has 1 amide bonds. The first-order chi connectivity index (χ1) is 6.26. The van der Waals surface area contributed by atoms with E-state index in [0.29, 0.717) is 24.3 Å². The number of carbonyl (C=O) groups excluding carboxylic acids is 1. The lowest BCUT2D eigenvalue weighted by atomic mass is 9.89. The first kappa shape index (κ1) is 10.9. The van der Waals surface area contributed by atoms with Crippen molar-refractivity contribution in [2.75, 3.05) is 12.4 Å². The molecule has 1 N–H and O–H groups in total. The number of ether oxygens (including phenoxy) is 1. The summed E-state index contributed by atoms with van der Waals surface area (Å²) in [6, 6.07) is 0.337. The van der Waals surface area contributed by atoms with Gasteiger partial charge in [0.05, 0.1) is 6.10 Å². The van der Waals surface area contributed by atoms with Crippen molar-refractivity contribution in [2.24, 2.45) is 0 Å². The standard InChI is InChI=1S/C9H17NO2S/c1-2-12-8-5-7(6-8)10-9(11)3-4-13/h7-8,13H,2-6H2,1H3,(H,10,11). The van der Waals surface area contributed by atoms with Gasteiger partial charge >= 0.3 is 0 Å². The van der Waals surface area contributed by atoms with Gasteiger partial charge in [0.1, 0.15) is 0 Å². The molecule has 1 rings (SSSR count). The van der Waals surface area contributed by atoms with Crippen molar-refractivity contribution in [3.8, 4) is 0 Å².